The molecule has 0 saturated heterocycles. The molecule has 76 heavy (non-hydrogen) atoms. The highest BCUT2D eigenvalue weighted by molar-refractivity contribution is 7.19. The first kappa shape index (κ1) is 43.6. The van der Waals surface area contributed by atoms with E-state index in [2.05, 4.69) is 275 Å². The Hall–Kier alpha value is -9.95. The normalized spacial score (nSPS) is 11.9. The highest BCUT2D eigenvalue weighted by atomic mass is 28.3. The van der Waals surface area contributed by atoms with Crippen LogP contribution >= 0.6 is 0 Å². The van der Waals surface area contributed by atoms with Gasteiger partial charge in [0.2, 0.25) is 5.95 Å². The number of aromatic nitrogens is 6. The topological polar surface area (TPSA) is 53.5 Å². The van der Waals surface area contributed by atoms with E-state index in [4.69, 9.17) is 15.0 Å². The number of para-hydroxylation sites is 5. The number of fused-ring (bicyclic) bond motifs is 9. The van der Waals surface area contributed by atoms with Gasteiger partial charge in [0.25, 0.3) is 0 Å². The molecule has 7 heteroatoms. The number of rotatable bonds is 9. The summed E-state index contributed by atoms with van der Waals surface area (Å²) in [5, 5.41) is 12.3. The molecule has 0 unspecified atom stereocenters. The summed E-state index contributed by atoms with van der Waals surface area (Å²) in [6, 6.07) is 101. The minimum atomic E-state index is -2.78. The summed E-state index contributed by atoms with van der Waals surface area (Å²) in [6.45, 7) is 0. The van der Waals surface area contributed by atoms with Gasteiger partial charge in [0, 0.05) is 43.4 Å². The van der Waals surface area contributed by atoms with Crippen LogP contribution in [0.25, 0.3) is 106 Å². The molecule has 0 bridgehead atoms. The Balaban J connectivity index is 0.971. The molecule has 356 valence electrons. The quantitative estimate of drug-likeness (QED) is 0.107. The summed E-state index contributed by atoms with van der Waals surface area (Å²) >= 11 is 0. The smallest absolute Gasteiger partial charge is 0.238 e. The Morgan fingerprint density at radius 1 is 0.250 bits per heavy atom. The maximum Gasteiger partial charge on any atom is 0.238 e. The molecular weight excluding hydrogens is 941 g/mol. The summed E-state index contributed by atoms with van der Waals surface area (Å²) in [5.74, 6) is 1.74. The van der Waals surface area contributed by atoms with Crippen molar-refractivity contribution in [2.24, 2.45) is 0 Å². The van der Waals surface area contributed by atoms with Gasteiger partial charge >= 0.3 is 0 Å². The molecule has 0 spiro atoms. The van der Waals surface area contributed by atoms with Crippen LogP contribution in [0.2, 0.25) is 0 Å². The van der Waals surface area contributed by atoms with E-state index in [0.717, 1.165) is 55.3 Å². The standard InChI is InChI=1S/C69H46N6Si/c1-5-23-47(24-6-1)67-70-68(48-43-45-52(46-44-48)76(49-25-7-2-8-26-49,50-27-9-3-10-28-50)51-29-11-4-12-30-51)72-69(71-67)75-60-38-19-15-33-55(60)56-35-21-42-64(66(56)75)74-61-39-20-16-34-57(61)65-62(40-22-41-63(65)74)73-58-36-17-13-31-53(58)54-32-14-18-37-59(54)73/h1-46H. The van der Waals surface area contributed by atoms with Gasteiger partial charge in [-0.05, 0) is 63.2 Å². The highest BCUT2D eigenvalue weighted by Crippen LogP contribution is 2.43. The third-order valence-electron chi connectivity index (χ3n) is 15.5. The van der Waals surface area contributed by atoms with E-state index >= 15 is 0 Å². The summed E-state index contributed by atoms with van der Waals surface area (Å²) in [4.78, 5) is 16.3. The van der Waals surface area contributed by atoms with E-state index in [0.29, 0.717) is 17.6 Å². The van der Waals surface area contributed by atoms with Crippen LogP contribution in [-0.4, -0.2) is 36.7 Å². The maximum atomic E-state index is 5.53. The fourth-order valence-electron chi connectivity index (χ4n) is 12.3. The molecule has 15 aromatic rings. The van der Waals surface area contributed by atoms with Crippen LogP contribution < -0.4 is 20.7 Å². The fraction of sp³-hybridized carbons (Fsp3) is 0. The number of nitrogens with zero attached hydrogens (tertiary/aromatic N) is 6. The maximum absolute atomic E-state index is 5.53. The molecule has 11 aromatic carbocycles. The van der Waals surface area contributed by atoms with Crippen LogP contribution in [0.5, 0.6) is 0 Å². The summed E-state index contributed by atoms with van der Waals surface area (Å²) in [7, 11) is -2.78. The van der Waals surface area contributed by atoms with Crippen LogP contribution in [0.3, 0.4) is 0 Å². The molecule has 0 saturated carbocycles. The van der Waals surface area contributed by atoms with Crippen molar-refractivity contribution in [1.29, 1.82) is 0 Å². The van der Waals surface area contributed by atoms with Crippen LogP contribution in [0.4, 0.5) is 0 Å². The van der Waals surface area contributed by atoms with Crippen molar-refractivity contribution in [2.75, 3.05) is 0 Å². The van der Waals surface area contributed by atoms with Gasteiger partial charge in [0.15, 0.2) is 19.7 Å². The van der Waals surface area contributed by atoms with E-state index in [1.54, 1.807) is 0 Å². The van der Waals surface area contributed by atoms with Crippen molar-refractivity contribution < 1.29 is 0 Å². The number of hydrogen-bond donors (Lipinski definition) is 0. The predicted molar refractivity (Wildman–Crippen MR) is 317 cm³/mol. The lowest BCUT2D eigenvalue weighted by molar-refractivity contribution is 0.950. The minimum Gasteiger partial charge on any atom is -0.309 e. The molecule has 0 amide bonds. The molecule has 0 aliphatic rings. The molecule has 4 aromatic heterocycles. The van der Waals surface area contributed by atoms with E-state index in [9.17, 15) is 0 Å². The van der Waals surface area contributed by atoms with Crippen LogP contribution in [-0.2, 0) is 0 Å². The van der Waals surface area contributed by atoms with Crippen LogP contribution in [0, 0.1) is 0 Å². The third-order valence-corrected chi connectivity index (χ3v) is 20.3. The molecule has 4 heterocycles. The first-order chi connectivity index (χ1) is 37.7. The first-order valence-corrected chi connectivity index (χ1v) is 27.9. The van der Waals surface area contributed by atoms with Gasteiger partial charge < -0.3 is 9.13 Å². The van der Waals surface area contributed by atoms with Gasteiger partial charge in [0.05, 0.1) is 44.5 Å². The molecule has 0 aliphatic carbocycles. The average molecular weight is 987 g/mol. The molecule has 0 fully saturated rings. The third kappa shape index (κ3) is 6.62. The van der Waals surface area contributed by atoms with Crippen molar-refractivity contribution in [3.63, 3.8) is 0 Å². The second-order valence-electron chi connectivity index (χ2n) is 19.5. The Morgan fingerprint density at radius 2 is 0.618 bits per heavy atom. The van der Waals surface area contributed by atoms with E-state index in [1.165, 1.54) is 53.3 Å². The molecule has 6 nitrogen and oxygen atoms in total. The van der Waals surface area contributed by atoms with Crippen molar-refractivity contribution >= 4 is 94.2 Å². The lowest BCUT2D eigenvalue weighted by Gasteiger charge is -2.34. The van der Waals surface area contributed by atoms with E-state index in [1.807, 2.05) is 18.2 Å². The Kier molecular flexibility index (Phi) is 10.1. The SMILES string of the molecule is c1ccc(-c2nc(-c3ccc([Si](c4ccccc4)(c4ccccc4)c4ccccc4)cc3)nc(-n3c4ccccc4c4cccc(-n5c6ccccc6c6c(-n7c8ccccc8c8ccccc87)cccc65)c43)n2)cc1. The van der Waals surface area contributed by atoms with Crippen molar-refractivity contribution in [1.82, 2.24) is 28.7 Å². The Labute approximate surface area is 439 Å². The zero-order valence-electron chi connectivity index (χ0n) is 41.2. The second-order valence-corrected chi connectivity index (χ2v) is 23.3. The first-order valence-electron chi connectivity index (χ1n) is 25.9. The predicted octanol–water partition coefficient (Wildman–Crippen LogP) is 13.9. The van der Waals surface area contributed by atoms with Gasteiger partial charge in [-0.1, -0.05) is 237 Å². The minimum absolute atomic E-state index is 0.542. The number of hydrogen-bond acceptors (Lipinski definition) is 3. The largest absolute Gasteiger partial charge is 0.309 e. The lowest BCUT2D eigenvalue weighted by atomic mass is 10.1. The van der Waals surface area contributed by atoms with Crippen molar-refractivity contribution in [3.8, 4) is 40.1 Å². The molecule has 0 radical (unpaired) electrons. The van der Waals surface area contributed by atoms with Gasteiger partial charge in [-0.25, -0.2) is 4.98 Å². The summed E-state index contributed by atoms with van der Waals surface area (Å²) in [5.41, 5.74) is 10.5. The van der Waals surface area contributed by atoms with E-state index in [-0.39, 0.29) is 0 Å². The molecule has 0 atom stereocenters. The summed E-state index contributed by atoms with van der Waals surface area (Å²) < 4.78 is 7.15. The van der Waals surface area contributed by atoms with Gasteiger partial charge in [-0.15, -0.1) is 0 Å². The van der Waals surface area contributed by atoms with Gasteiger partial charge in [0.1, 0.15) is 0 Å². The Morgan fingerprint density at radius 3 is 1.17 bits per heavy atom. The zero-order chi connectivity index (χ0) is 50.2. The second kappa shape index (κ2) is 17.6. The van der Waals surface area contributed by atoms with Crippen LogP contribution in [0.15, 0.2) is 279 Å². The van der Waals surface area contributed by atoms with E-state index < -0.39 is 8.07 Å². The molecule has 0 N–H and O–H groups in total. The van der Waals surface area contributed by atoms with Gasteiger partial charge in [-0.2, -0.15) is 9.97 Å². The fourth-order valence-corrected chi connectivity index (χ4v) is 17.0. The Bertz CT molecular complexity index is 4530. The van der Waals surface area contributed by atoms with Crippen LogP contribution in [0.1, 0.15) is 0 Å². The monoisotopic (exact) mass is 986 g/mol. The van der Waals surface area contributed by atoms with Crippen molar-refractivity contribution in [2.45, 2.75) is 0 Å². The molecule has 15 rings (SSSR count). The molecule has 0 aliphatic heterocycles. The highest BCUT2D eigenvalue weighted by Gasteiger charge is 2.41. The summed E-state index contributed by atoms with van der Waals surface area (Å²) in [6.07, 6.45) is 0. The average Bonchev–Trinajstić information content (AvgIpc) is 4.28. The zero-order valence-corrected chi connectivity index (χ0v) is 42.2. The van der Waals surface area contributed by atoms with Crippen molar-refractivity contribution in [3.05, 3.63) is 279 Å². The molecular formula is C69H46N6Si. The van der Waals surface area contributed by atoms with Gasteiger partial charge in [-0.3, -0.25) is 4.57 Å². The lowest BCUT2D eigenvalue weighted by Crippen LogP contribution is -2.74. The number of benzene rings is 11.